The number of rotatable bonds is 4. The van der Waals surface area contributed by atoms with Crippen LogP contribution in [0.15, 0.2) is 40.6 Å². The third-order valence-electron chi connectivity index (χ3n) is 2.78. The summed E-state index contributed by atoms with van der Waals surface area (Å²) in [5, 5.41) is 11.5. The molecular formula is C14H14N2O2S. The maximum Gasteiger partial charge on any atom is 0.231 e. The third kappa shape index (κ3) is 3.52. The quantitative estimate of drug-likeness (QED) is 0.855. The summed E-state index contributed by atoms with van der Waals surface area (Å²) in [6, 6.07) is 9.87. The van der Waals surface area contributed by atoms with Gasteiger partial charge >= 0.3 is 0 Å². The highest BCUT2D eigenvalue weighted by Crippen LogP contribution is 2.17. The topological polar surface area (TPSA) is 62.1 Å². The van der Waals surface area contributed by atoms with Gasteiger partial charge in [-0.2, -0.15) is 5.26 Å². The Kier molecular flexibility index (Phi) is 4.48. The molecule has 0 fully saturated rings. The molecule has 1 heterocycles. The Morgan fingerprint density at radius 2 is 2.21 bits per heavy atom. The highest BCUT2D eigenvalue weighted by molar-refractivity contribution is 7.98. The van der Waals surface area contributed by atoms with Gasteiger partial charge in [-0.05, 0) is 24.0 Å². The average Bonchev–Trinajstić information content (AvgIpc) is 2.86. The van der Waals surface area contributed by atoms with E-state index in [1.165, 1.54) is 0 Å². The van der Waals surface area contributed by atoms with Gasteiger partial charge in [-0.15, -0.1) is 11.8 Å². The van der Waals surface area contributed by atoms with Crippen LogP contribution in [0.3, 0.4) is 0 Å². The molecule has 5 heteroatoms. The molecule has 0 atom stereocenters. The zero-order valence-corrected chi connectivity index (χ0v) is 11.4. The van der Waals surface area contributed by atoms with Crippen molar-refractivity contribution >= 4 is 17.7 Å². The van der Waals surface area contributed by atoms with E-state index in [-0.39, 0.29) is 12.3 Å². The number of nitrogens with zero attached hydrogens (tertiary/aromatic N) is 1. The molecule has 1 aliphatic heterocycles. The minimum absolute atomic E-state index is 0.165. The Balaban J connectivity index is 1.96. The number of hydrogen-bond donors (Lipinski definition) is 1. The van der Waals surface area contributed by atoms with Crippen LogP contribution >= 0.6 is 11.8 Å². The van der Waals surface area contributed by atoms with Gasteiger partial charge in [0.2, 0.25) is 11.8 Å². The fraction of sp³-hybridized carbons (Fsp3) is 0.286. The molecule has 1 N–H and O–H groups in total. The Labute approximate surface area is 116 Å². The van der Waals surface area contributed by atoms with Gasteiger partial charge in [0.15, 0.2) is 0 Å². The summed E-state index contributed by atoms with van der Waals surface area (Å²) in [6.07, 6.45) is 2.85. The number of ether oxygens (including phenoxy) is 1. The number of thioether (sulfide) groups is 1. The first-order valence-electron chi connectivity index (χ1n) is 5.91. The van der Waals surface area contributed by atoms with E-state index in [1.54, 1.807) is 11.8 Å². The van der Waals surface area contributed by atoms with E-state index in [9.17, 15) is 4.79 Å². The number of nitrogens with one attached hydrogen (secondary N) is 1. The van der Waals surface area contributed by atoms with Crippen molar-refractivity contribution in [1.82, 2.24) is 5.32 Å². The molecule has 0 aromatic heterocycles. The van der Waals surface area contributed by atoms with E-state index < -0.39 is 0 Å². The van der Waals surface area contributed by atoms with Crippen LogP contribution in [0.25, 0.3) is 0 Å². The minimum Gasteiger partial charge on any atom is -0.478 e. The zero-order valence-electron chi connectivity index (χ0n) is 10.6. The second-order valence-electron chi connectivity index (χ2n) is 4.09. The number of carbonyl (C=O) groups is 1. The summed E-state index contributed by atoms with van der Waals surface area (Å²) in [7, 11) is 0. The molecule has 1 amide bonds. The molecule has 0 aliphatic carbocycles. The Morgan fingerprint density at radius 1 is 1.47 bits per heavy atom. The highest BCUT2D eigenvalue weighted by Gasteiger charge is 2.18. The van der Waals surface area contributed by atoms with Gasteiger partial charge in [-0.1, -0.05) is 12.1 Å². The van der Waals surface area contributed by atoms with E-state index in [0.29, 0.717) is 24.5 Å². The molecule has 1 aromatic carbocycles. The van der Waals surface area contributed by atoms with Crippen molar-refractivity contribution in [3.05, 3.63) is 41.3 Å². The lowest BCUT2D eigenvalue weighted by molar-refractivity contribution is -0.120. The third-order valence-corrected chi connectivity index (χ3v) is 3.53. The van der Waals surface area contributed by atoms with Gasteiger partial charge in [0.25, 0.3) is 0 Å². The summed E-state index contributed by atoms with van der Waals surface area (Å²) < 4.78 is 5.22. The molecule has 0 radical (unpaired) electrons. The van der Waals surface area contributed by atoms with Crippen LogP contribution < -0.4 is 5.32 Å². The molecular weight excluding hydrogens is 260 g/mol. The lowest BCUT2D eigenvalue weighted by Gasteiger charge is -2.07. The van der Waals surface area contributed by atoms with Crippen molar-refractivity contribution in [2.75, 3.05) is 12.9 Å². The molecule has 0 saturated carbocycles. The molecule has 98 valence electrons. The summed E-state index contributed by atoms with van der Waals surface area (Å²) in [5.74, 6) is 0.148. The standard InChI is InChI=1S/C14H14N2O2S/c1-19-12-4-2-10(3-5-12)8-13(17)16-14-11(9-15)6-7-18-14/h2-5H,6-8H2,1H3,(H,16,17). The largest absolute Gasteiger partial charge is 0.478 e. The first kappa shape index (κ1) is 13.5. The van der Waals surface area contributed by atoms with Gasteiger partial charge in [0.1, 0.15) is 6.07 Å². The van der Waals surface area contributed by atoms with E-state index in [1.807, 2.05) is 36.6 Å². The van der Waals surface area contributed by atoms with Gasteiger partial charge in [0, 0.05) is 11.3 Å². The highest BCUT2D eigenvalue weighted by atomic mass is 32.2. The zero-order chi connectivity index (χ0) is 13.7. The van der Waals surface area contributed by atoms with E-state index in [2.05, 4.69) is 5.32 Å². The monoisotopic (exact) mass is 274 g/mol. The lowest BCUT2D eigenvalue weighted by atomic mass is 10.1. The smallest absolute Gasteiger partial charge is 0.231 e. The van der Waals surface area contributed by atoms with Crippen molar-refractivity contribution in [3.8, 4) is 6.07 Å². The number of nitriles is 1. The summed E-state index contributed by atoms with van der Waals surface area (Å²) >= 11 is 1.66. The van der Waals surface area contributed by atoms with Gasteiger partial charge < -0.3 is 4.74 Å². The predicted octanol–water partition coefficient (Wildman–Crippen LogP) is 2.22. The van der Waals surface area contributed by atoms with Crippen LogP contribution in [-0.4, -0.2) is 18.8 Å². The molecule has 0 spiro atoms. The second kappa shape index (κ2) is 6.30. The Morgan fingerprint density at radius 3 is 2.84 bits per heavy atom. The molecule has 1 aromatic rings. The van der Waals surface area contributed by atoms with E-state index >= 15 is 0 Å². The Hall–Kier alpha value is -1.93. The van der Waals surface area contributed by atoms with Crippen LogP contribution in [0.5, 0.6) is 0 Å². The lowest BCUT2D eigenvalue weighted by Crippen LogP contribution is -2.25. The van der Waals surface area contributed by atoms with Crippen molar-refractivity contribution < 1.29 is 9.53 Å². The minimum atomic E-state index is -0.165. The van der Waals surface area contributed by atoms with Crippen molar-refractivity contribution in [2.24, 2.45) is 0 Å². The second-order valence-corrected chi connectivity index (χ2v) is 4.97. The van der Waals surface area contributed by atoms with Gasteiger partial charge in [-0.3, -0.25) is 10.1 Å². The van der Waals surface area contributed by atoms with Crippen LogP contribution in [-0.2, 0) is 16.0 Å². The first-order chi connectivity index (χ1) is 9.22. The summed E-state index contributed by atoms with van der Waals surface area (Å²) in [4.78, 5) is 13.0. The SMILES string of the molecule is CSc1ccc(CC(=O)NC2=C(C#N)CCO2)cc1. The van der Waals surface area contributed by atoms with Crippen molar-refractivity contribution in [2.45, 2.75) is 17.7 Å². The molecule has 2 rings (SSSR count). The normalized spacial score (nSPS) is 13.9. The maximum atomic E-state index is 11.8. The van der Waals surface area contributed by atoms with Crippen LogP contribution in [0, 0.1) is 11.3 Å². The Bertz CT molecular complexity index is 544. The van der Waals surface area contributed by atoms with E-state index in [0.717, 1.165) is 10.5 Å². The van der Waals surface area contributed by atoms with E-state index in [4.69, 9.17) is 10.00 Å². The van der Waals surface area contributed by atoms with Crippen LogP contribution in [0.2, 0.25) is 0 Å². The number of hydrogen-bond acceptors (Lipinski definition) is 4. The molecule has 4 nitrogen and oxygen atoms in total. The molecule has 19 heavy (non-hydrogen) atoms. The molecule has 0 saturated heterocycles. The summed E-state index contributed by atoms with van der Waals surface area (Å²) in [5.41, 5.74) is 1.44. The molecule has 1 aliphatic rings. The van der Waals surface area contributed by atoms with Crippen molar-refractivity contribution in [1.29, 1.82) is 5.26 Å². The average molecular weight is 274 g/mol. The molecule has 0 bridgehead atoms. The van der Waals surface area contributed by atoms with Gasteiger partial charge in [-0.25, -0.2) is 0 Å². The van der Waals surface area contributed by atoms with Crippen LogP contribution in [0.1, 0.15) is 12.0 Å². The van der Waals surface area contributed by atoms with Gasteiger partial charge in [0.05, 0.1) is 18.6 Å². The summed E-state index contributed by atoms with van der Waals surface area (Å²) in [6.45, 7) is 0.459. The number of benzene rings is 1. The maximum absolute atomic E-state index is 11.8. The van der Waals surface area contributed by atoms with Crippen molar-refractivity contribution in [3.63, 3.8) is 0 Å². The van der Waals surface area contributed by atoms with Crippen LogP contribution in [0.4, 0.5) is 0 Å². The predicted molar refractivity (Wildman–Crippen MR) is 73.3 cm³/mol. The number of amides is 1. The molecule has 0 unspecified atom stereocenters. The fourth-order valence-electron chi connectivity index (χ4n) is 1.77. The number of carbonyl (C=O) groups excluding carboxylic acids is 1. The fourth-order valence-corrected chi connectivity index (χ4v) is 2.18. The first-order valence-corrected chi connectivity index (χ1v) is 7.14.